The van der Waals surface area contributed by atoms with E-state index in [2.05, 4.69) is 20.3 Å². The lowest BCUT2D eigenvalue weighted by Gasteiger charge is -2.13. The van der Waals surface area contributed by atoms with Crippen molar-refractivity contribution in [3.8, 4) is 0 Å². The fraction of sp³-hybridized carbons (Fsp3) is 0.118. The fourth-order valence-electron chi connectivity index (χ4n) is 2.54. The summed E-state index contributed by atoms with van der Waals surface area (Å²) in [5.74, 6) is 0.680. The number of furan rings is 1. The Morgan fingerprint density at radius 1 is 1.00 bits per heavy atom. The fourth-order valence-corrected chi connectivity index (χ4v) is 2.54. The summed E-state index contributed by atoms with van der Waals surface area (Å²) in [5, 5.41) is 4.35. The van der Waals surface area contributed by atoms with Crippen molar-refractivity contribution in [3.63, 3.8) is 0 Å². The van der Waals surface area contributed by atoms with Gasteiger partial charge in [-0.05, 0) is 31.2 Å². The number of para-hydroxylation sites is 1. The predicted octanol–water partition coefficient (Wildman–Crippen LogP) is 3.94. The summed E-state index contributed by atoms with van der Waals surface area (Å²) in [6.45, 7) is 2.04. The number of hydrogen-bond donors (Lipinski definition) is 1. The second-order valence-corrected chi connectivity index (χ2v) is 5.12. The summed E-state index contributed by atoms with van der Waals surface area (Å²) in [4.78, 5) is 13.0. The Hall–Kier alpha value is -2.95. The Morgan fingerprint density at radius 3 is 2.73 bits per heavy atom. The number of nitrogens with zero attached hydrogens (tertiary/aromatic N) is 3. The monoisotopic (exact) mass is 290 g/mol. The number of pyridine rings is 1. The van der Waals surface area contributed by atoms with E-state index in [1.54, 1.807) is 12.5 Å². The van der Waals surface area contributed by atoms with Gasteiger partial charge in [0.05, 0.1) is 11.7 Å². The van der Waals surface area contributed by atoms with E-state index in [9.17, 15) is 0 Å². The van der Waals surface area contributed by atoms with E-state index >= 15 is 0 Å². The average molecular weight is 290 g/mol. The highest BCUT2D eigenvalue weighted by molar-refractivity contribution is 6.05. The van der Waals surface area contributed by atoms with Gasteiger partial charge in [0.15, 0.2) is 11.4 Å². The van der Waals surface area contributed by atoms with E-state index < -0.39 is 0 Å². The lowest BCUT2D eigenvalue weighted by Crippen LogP contribution is -2.09. The van der Waals surface area contributed by atoms with E-state index in [1.807, 2.05) is 49.4 Å². The van der Waals surface area contributed by atoms with Crippen molar-refractivity contribution in [2.24, 2.45) is 0 Å². The smallest absolute Gasteiger partial charge is 0.196 e. The maximum Gasteiger partial charge on any atom is 0.196 e. The zero-order valence-corrected chi connectivity index (χ0v) is 12.0. The van der Waals surface area contributed by atoms with Crippen LogP contribution in [0.1, 0.15) is 18.7 Å². The van der Waals surface area contributed by atoms with Crippen LogP contribution in [0.3, 0.4) is 0 Å². The lowest BCUT2D eigenvalue weighted by molar-refractivity contribution is 0.664. The van der Waals surface area contributed by atoms with Gasteiger partial charge >= 0.3 is 0 Å². The first-order valence-electron chi connectivity index (χ1n) is 7.12. The van der Waals surface area contributed by atoms with Crippen molar-refractivity contribution in [2.45, 2.75) is 13.0 Å². The molecule has 0 saturated heterocycles. The third-order valence-corrected chi connectivity index (χ3v) is 3.64. The Morgan fingerprint density at radius 2 is 1.86 bits per heavy atom. The molecule has 0 amide bonds. The summed E-state index contributed by atoms with van der Waals surface area (Å²) < 4.78 is 5.91. The van der Waals surface area contributed by atoms with Gasteiger partial charge in [-0.1, -0.05) is 18.2 Å². The van der Waals surface area contributed by atoms with Gasteiger partial charge in [0, 0.05) is 11.6 Å². The van der Waals surface area contributed by atoms with E-state index in [-0.39, 0.29) is 6.04 Å². The van der Waals surface area contributed by atoms with E-state index in [0.29, 0.717) is 11.4 Å². The molecule has 0 spiro atoms. The molecule has 0 bridgehead atoms. The molecule has 0 radical (unpaired) electrons. The molecule has 4 aromatic rings. The SMILES string of the molecule is CC(Nc1ncnc2c1oc1ccccc12)c1ccccn1. The lowest BCUT2D eigenvalue weighted by atomic mass is 10.2. The van der Waals surface area contributed by atoms with Crippen molar-refractivity contribution in [2.75, 3.05) is 5.32 Å². The van der Waals surface area contributed by atoms with Crippen molar-refractivity contribution in [3.05, 3.63) is 60.7 Å². The third kappa shape index (κ3) is 2.07. The molecule has 0 fully saturated rings. The number of fused-ring (bicyclic) bond motifs is 3. The highest BCUT2D eigenvalue weighted by atomic mass is 16.3. The molecular weight excluding hydrogens is 276 g/mol. The molecule has 5 heteroatoms. The molecule has 1 atom stereocenters. The quantitative estimate of drug-likeness (QED) is 0.619. The summed E-state index contributed by atoms with van der Waals surface area (Å²) in [6.07, 6.45) is 3.34. The largest absolute Gasteiger partial charge is 0.450 e. The number of nitrogens with one attached hydrogen (secondary N) is 1. The molecule has 0 aliphatic rings. The summed E-state index contributed by atoms with van der Waals surface area (Å²) in [5.41, 5.74) is 3.25. The number of anilines is 1. The van der Waals surface area contributed by atoms with Gasteiger partial charge in [0.2, 0.25) is 0 Å². The van der Waals surface area contributed by atoms with E-state index in [1.165, 1.54) is 0 Å². The summed E-state index contributed by atoms with van der Waals surface area (Å²) in [7, 11) is 0. The van der Waals surface area contributed by atoms with Crippen molar-refractivity contribution < 1.29 is 4.42 Å². The molecule has 108 valence electrons. The van der Waals surface area contributed by atoms with E-state index in [4.69, 9.17) is 4.42 Å². The standard InChI is InChI=1S/C17H14N4O/c1-11(13-7-4-5-9-18-13)21-17-16-15(19-10-20-17)12-6-2-3-8-14(12)22-16/h2-11H,1H3,(H,19,20,21). The highest BCUT2D eigenvalue weighted by Crippen LogP contribution is 2.31. The van der Waals surface area contributed by atoms with Crippen LogP contribution in [0.15, 0.2) is 59.4 Å². The van der Waals surface area contributed by atoms with Gasteiger partial charge in [-0.15, -0.1) is 0 Å². The summed E-state index contributed by atoms with van der Waals surface area (Å²) in [6, 6.07) is 13.7. The van der Waals surface area contributed by atoms with Gasteiger partial charge in [0.1, 0.15) is 17.4 Å². The third-order valence-electron chi connectivity index (χ3n) is 3.64. The first-order valence-corrected chi connectivity index (χ1v) is 7.12. The minimum absolute atomic E-state index is 0.0208. The maximum atomic E-state index is 5.91. The molecule has 0 aliphatic carbocycles. The highest BCUT2D eigenvalue weighted by Gasteiger charge is 2.15. The predicted molar refractivity (Wildman–Crippen MR) is 85.6 cm³/mol. The Kier molecular flexibility index (Phi) is 2.96. The minimum Gasteiger partial charge on any atom is -0.450 e. The van der Waals surface area contributed by atoms with Crippen molar-refractivity contribution >= 4 is 27.9 Å². The van der Waals surface area contributed by atoms with Crippen LogP contribution in [-0.4, -0.2) is 15.0 Å². The molecule has 0 aliphatic heterocycles. The topological polar surface area (TPSA) is 63.8 Å². The van der Waals surface area contributed by atoms with Crippen LogP contribution in [0.5, 0.6) is 0 Å². The molecule has 3 heterocycles. The molecule has 5 nitrogen and oxygen atoms in total. The molecule has 1 unspecified atom stereocenters. The number of hydrogen-bond acceptors (Lipinski definition) is 5. The van der Waals surface area contributed by atoms with Crippen LogP contribution in [0.25, 0.3) is 22.1 Å². The van der Waals surface area contributed by atoms with Gasteiger partial charge in [-0.25, -0.2) is 9.97 Å². The van der Waals surface area contributed by atoms with Crippen LogP contribution < -0.4 is 5.32 Å². The molecule has 1 N–H and O–H groups in total. The molecule has 22 heavy (non-hydrogen) atoms. The van der Waals surface area contributed by atoms with Crippen molar-refractivity contribution in [1.29, 1.82) is 0 Å². The first-order chi connectivity index (χ1) is 10.8. The van der Waals surface area contributed by atoms with Crippen LogP contribution in [0, 0.1) is 0 Å². The number of benzene rings is 1. The zero-order chi connectivity index (χ0) is 14.9. The normalized spacial score (nSPS) is 12.6. The number of rotatable bonds is 3. The van der Waals surface area contributed by atoms with Gasteiger partial charge in [0.25, 0.3) is 0 Å². The first kappa shape index (κ1) is 12.8. The van der Waals surface area contributed by atoms with E-state index in [0.717, 1.165) is 22.2 Å². The Labute approximate surface area is 127 Å². The number of aromatic nitrogens is 3. The Bertz CT molecular complexity index is 933. The molecule has 0 saturated carbocycles. The van der Waals surface area contributed by atoms with Crippen LogP contribution in [0.4, 0.5) is 5.82 Å². The zero-order valence-electron chi connectivity index (χ0n) is 12.0. The second kappa shape index (κ2) is 5.11. The Balaban J connectivity index is 1.79. The van der Waals surface area contributed by atoms with Crippen LogP contribution in [0.2, 0.25) is 0 Å². The van der Waals surface area contributed by atoms with Gasteiger partial charge in [-0.3, -0.25) is 4.98 Å². The average Bonchev–Trinajstić information content (AvgIpc) is 2.95. The van der Waals surface area contributed by atoms with Crippen LogP contribution in [-0.2, 0) is 0 Å². The molecule has 3 aromatic heterocycles. The second-order valence-electron chi connectivity index (χ2n) is 5.12. The van der Waals surface area contributed by atoms with Gasteiger partial charge in [-0.2, -0.15) is 0 Å². The van der Waals surface area contributed by atoms with Crippen LogP contribution >= 0.6 is 0 Å². The van der Waals surface area contributed by atoms with Gasteiger partial charge < -0.3 is 9.73 Å². The van der Waals surface area contributed by atoms with Crippen molar-refractivity contribution in [1.82, 2.24) is 15.0 Å². The minimum atomic E-state index is 0.0208. The summed E-state index contributed by atoms with van der Waals surface area (Å²) >= 11 is 0. The maximum absolute atomic E-state index is 5.91. The molecule has 1 aromatic carbocycles. The molecular formula is C17H14N4O. The molecule has 4 rings (SSSR count).